The van der Waals surface area contributed by atoms with Gasteiger partial charge in [-0.25, -0.2) is 9.98 Å². The van der Waals surface area contributed by atoms with Gasteiger partial charge in [0.1, 0.15) is 5.75 Å². The second-order valence-corrected chi connectivity index (χ2v) is 6.59. The minimum atomic E-state index is -0.437. The highest BCUT2D eigenvalue weighted by Gasteiger charge is 2.20. The van der Waals surface area contributed by atoms with Crippen molar-refractivity contribution in [2.24, 2.45) is 10.7 Å². The number of nitro benzene ring substituents is 1. The van der Waals surface area contributed by atoms with Crippen molar-refractivity contribution in [3.05, 3.63) is 45.5 Å². The van der Waals surface area contributed by atoms with Gasteiger partial charge in [-0.15, -0.1) is 11.3 Å². The Morgan fingerprint density at radius 3 is 2.81 bits per heavy atom. The van der Waals surface area contributed by atoms with Crippen LogP contribution in [0, 0.1) is 10.1 Å². The van der Waals surface area contributed by atoms with E-state index < -0.39 is 4.92 Å². The number of rotatable bonds is 5. The Kier molecular flexibility index (Phi) is 5.52. The van der Waals surface area contributed by atoms with Crippen LogP contribution in [0.3, 0.4) is 0 Å². The molecule has 0 amide bonds. The van der Waals surface area contributed by atoms with Crippen LogP contribution in [0.4, 0.5) is 10.8 Å². The van der Waals surface area contributed by atoms with E-state index in [1.165, 1.54) is 19.2 Å². The maximum atomic E-state index is 11.0. The predicted octanol–water partition coefficient (Wildman–Crippen LogP) is 1.70. The number of thiazole rings is 1. The van der Waals surface area contributed by atoms with Crippen molar-refractivity contribution >= 4 is 28.1 Å². The van der Waals surface area contributed by atoms with Crippen LogP contribution in [0.5, 0.6) is 5.75 Å². The molecule has 0 saturated carbocycles. The van der Waals surface area contributed by atoms with Crippen LogP contribution in [0.1, 0.15) is 5.56 Å². The molecule has 1 aliphatic heterocycles. The Morgan fingerprint density at radius 1 is 1.42 bits per heavy atom. The standard InChI is InChI=1S/C16H20N6O3S/c1-25-14-3-2-13(22(23)24)10-12(14)11-19-15(17)20-5-7-21(8-6-20)16-18-4-9-26-16/h2-4,9-10H,5-8,11H2,1H3,(H2,17,19). The third-order valence-electron chi connectivity index (χ3n) is 4.18. The van der Waals surface area contributed by atoms with E-state index in [-0.39, 0.29) is 12.2 Å². The number of methoxy groups -OCH3 is 1. The molecule has 1 aliphatic rings. The molecular formula is C16H20N6O3S. The molecule has 1 aromatic heterocycles. The van der Waals surface area contributed by atoms with Crippen molar-refractivity contribution in [3.8, 4) is 5.75 Å². The van der Waals surface area contributed by atoms with Crippen molar-refractivity contribution < 1.29 is 9.66 Å². The van der Waals surface area contributed by atoms with E-state index in [2.05, 4.69) is 14.9 Å². The fourth-order valence-corrected chi connectivity index (χ4v) is 3.46. The van der Waals surface area contributed by atoms with Gasteiger partial charge >= 0.3 is 0 Å². The normalized spacial score (nSPS) is 15.2. The summed E-state index contributed by atoms with van der Waals surface area (Å²) in [6.45, 7) is 3.37. The van der Waals surface area contributed by atoms with Gasteiger partial charge in [-0.3, -0.25) is 10.1 Å². The number of nitrogens with two attached hydrogens (primary N) is 1. The summed E-state index contributed by atoms with van der Waals surface area (Å²) in [4.78, 5) is 23.5. The maximum Gasteiger partial charge on any atom is 0.270 e. The van der Waals surface area contributed by atoms with E-state index in [0.717, 1.165) is 31.3 Å². The molecule has 1 saturated heterocycles. The molecule has 26 heavy (non-hydrogen) atoms. The molecule has 1 aromatic carbocycles. The van der Waals surface area contributed by atoms with E-state index >= 15 is 0 Å². The Labute approximate surface area is 154 Å². The first-order valence-electron chi connectivity index (χ1n) is 8.09. The van der Waals surface area contributed by atoms with Crippen molar-refractivity contribution in [2.45, 2.75) is 6.54 Å². The quantitative estimate of drug-likeness (QED) is 0.366. The molecule has 3 rings (SSSR count). The largest absolute Gasteiger partial charge is 0.496 e. The van der Waals surface area contributed by atoms with Crippen molar-refractivity contribution in [1.82, 2.24) is 9.88 Å². The summed E-state index contributed by atoms with van der Waals surface area (Å²) in [5.41, 5.74) is 6.76. The Balaban J connectivity index is 1.64. The van der Waals surface area contributed by atoms with E-state index in [4.69, 9.17) is 10.5 Å². The molecule has 9 nitrogen and oxygen atoms in total. The fraction of sp³-hybridized carbons (Fsp3) is 0.375. The van der Waals surface area contributed by atoms with Crippen LogP contribution in [-0.2, 0) is 6.54 Å². The van der Waals surface area contributed by atoms with E-state index in [9.17, 15) is 10.1 Å². The Morgan fingerprint density at radius 2 is 2.19 bits per heavy atom. The van der Waals surface area contributed by atoms with E-state index in [0.29, 0.717) is 17.3 Å². The molecule has 2 aromatic rings. The Hall–Kier alpha value is -2.88. The smallest absolute Gasteiger partial charge is 0.270 e. The van der Waals surface area contributed by atoms with Gasteiger partial charge in [-0.2, -0.15) is 0 Å². The van der Waals surface area contributed by atoms with Crippen LogP contribution < -0.4 is 15.4 Å². The number of guanidine groups is 1. The van der Waals surface area contributed by atoms with Crippen LogP contribution in [0.2, 0.25) is 0 Å². The highest BCUT2D eigenvalue weighted by Crippen LogP contribution is 2.25. The summed E-state index contributed by atoms with van der Waals surface area (Å²) in [5.74, 6) is 0.984. The van der Waals surface area contributed by atoms with Crippen molar-refractivity contribution in [1.29, 1.82) is 0 Å². The first-order chi connectivity index (χ1) is 12.6. The lowest BCUT2D eigenvalue weighted by Gasteiger charge is -2.35. The first kappa shape index (κ1) is 17.9. The molecule has 0 atom stereocenters. The summed E-state index contributed by atoms with van der Waals surface area (Å²) in [5, 5.41) is 13.9. The third-order valence-corrected chi connectivity index (χ3v) is 5.01. The summed E-state index contributed by atoms with van der Waals surface area (Å²) < 4.78 is 5.25. The predicted molar refractivity (Wildman–Crippen MR) is 101 cm³/mol. The topological polar surface area (TPSA) is 110 Å². The monoisotopic (exact) mass is 376 g/mol. The van der Waals surface area contributed by atoms with Gasteiger partial charge in [0.15, 0.2) is 11.1 Å². The highest BCUT2D eigenvalue weighted by atomic mass is 32.1. The first-order valence-corrected chi connectivity index (χ1v) is 8.97. The van der Waals surface area contributed by atoms with E-state index in [1.807, 2.05) is 10.3 Å². The number of piperazine rings is 1. The highest BCUT2D eigenvalue weighted by molar-refractivity contribution is 7.13. The zero-order valence-corrected chi connectivity index (χ0v) is 15.2. The van der Waals surface area contributed by atoms with Crippen LogP contribution >= 0.6 is 11.3 Å². The number of nitrogens with zero attached hydrogens (tertiary/aromatic N) is 5. The van der Waals surface area contributed by atoms with Gasteiger partial charge in [-0.05, 0) is 6.07 Å². The number of anilines is 1. The van der Waals surface area contributed by atoms with Gasteiger partial charge in [0.05, 0.1) is 18.6 Å². The number of non-ortho nitro benzene ring substituents is 1. The fourth-order valence-electron chi connectivity index (χ4n) is 2.77. The van der Waals surface area contributed by atoms with Gasteiger partial charge < -0.3 is 20.3 Å². The Bertz CT molecular complexity index is 787. The molecule has 138 valence electrons. The second kappa shape index (κ2) is 8.00. The van der Waals surface area contributed by atoms with Crippen LogP contribution in [0.15, 0.2) is 34.8 Å². The molecule has 0 aliphatic carbocycles. The summed E-state index contributed by atoms with van der Waals surface area (Å²) in [6, 6.07) is 4.45. The lowest BCUT2D eigenvalue weighted by molar-refractivity contribution is -0.384. The lowest BCUT2D eigenvalue weighted by atomic mass is 10.2. The second-order valence-electron chi connectivity index (χ2n) is 5.72. The van der Waals surface area contributed by atoms with Crippen molar-refractivity contribution in [2.75, 3.05) is 38.2 Å². The van der Waals surface area contributed by atoms with Gasteiger partial charge in [0.2, 0.25) is 0 Å². The summed E-state index contributed by atoms with van der Waals surface area (Å²) in [6.07, 6.45) is 1.80. The number of hydrogen-bond acceptors (Lipinski definition) is 7. The lowest BCUT2D eigenvalue weighted by Crippen LogP contribution is -2.51. The van der Waals surface area contributed by atoms with Gasteiger partial charge in [0, 0.05) is 55.5 Å². The summed E-state index contributed by atoms with van der Waals surface area (Å²) in [7, 11) is 1.52. The molecule has 2 N–H and O–H groups in total. The van der Waals surface area contributed by atoms with Gasteiger partial charge in [-0.1, -0.05) is 0 Å². The molecule has 0 unspecified atom stereocenters. The number of ether oxygens (including phenoxy) is 1. The number of nitro groups is 1. The average molecular weight is 376 g/mol. The molecule has 1 fully saturated rings. The number of benzene rings is 1. The molecule has 0 spiro atoms. The number of aliphatic imine (C=N–C) groups is 1. The minimum Gasteiger partial charge on any atom is -0.496 e. The minimum absolute atomic E-state index is 0.00614. The van der Waals surface area contributed by atoms with Crippen molar-refractivity contribution in [3.63, 3.8) is 0 Å². The van der Waals surface area contributed by atoms with Crippen LogP contribution in [0.25, 0.3) is 0 Å². The number of aromatic nitrogens is 1. The molecule has 0 bridgehead atoms. The number of hydrogen-bond donors (Lipinski definition) is 1. The third kappa shape index (κ3) is 4.02. The zero-order chi connectivity index (χ0) is 18.5. The molecule has 0 radical (unpaired) electrons. The van der Waals surface area contributed by atoms with E-state index in [1.54, 1.807) is 23.6 Å². The summed E-state index contributed by atoms with van der Waals surface area (Å²) >= 11 is 1.62. The molecular weight excluding hydrogens is 356 g/mol. The van der Waals surface area contributed by atoms with Gasteiger partial charge in [0.25, 0.3) is 5.69 Å². The zero-order valence-electron chi connectivity index (χ0n) is 14.4. The SMILES string of the molecule is COc1ccc([N+](=O)[O-])cc1CN=C(N)N1CCN(c2nccs2)CC1. The average Bonchev–Trinajstić information content (AvgIpc) is 3.20. The molecule has 2 heterocycles. The van der Waals surface area contributed by atoms with Crippen LogP contribution in [-0.4, -0.2) is 54.1 Å². The molecule has 10 heteroatoms. The maximum absolute atomic E-state index is 11.0.